The summed E-state index contributed by atoms with van der Waals surface area (Å²) in [7, 11) is 0. The number of nitrogens with zero attached hydrogens (tertiary/aromatic N) is 3. The largest absolute Gasteiger partial charge is 0.461 e. The van der Waals surface area contributed by atoms with E-state index in [0.717, 1.165) is 0 Å². The molecule has 11 heavy (non-hydrogen) atoms. The predicted molar refractivity (Wildman–Crippen MR) is 30.7 cm³/mol. The Bertz CT molecular complexity index is 200. The summed E-state index contributed by atoms with van der Waals surface area (Å²) in [6, 6.07) is -4.09. The van der Waals surface area contributed by atoms with Crippen LogP contribution in [0.25, 0.3) is 10.4 Å². The molecule has 0 aliphatic carbocycles. The van der Waals surface area contributed by atoms with Crippen LogP contribution in [0, 0.1) is 0 Å². The molecule has 5 nitrogen and oxygen atoms in total. The maximum atomic E-state index is 12.1. The van der Waals surface area contributed by atoms with Gasteiger partial charge < -0.3 is 4.74 Å². The first-order valence-corrected chi connectivity index (χ1v) is 2.66. The van der Waals surface area contributed by atoms with E-state index in [9.17, 15) is 13.6 Å². The number of azide groups is 1. The van der Waals surface area contributed by atoms with Crippen LogP contribution in [0.4, 0.5) is 8.78 Å². The second-order valence-corrected chi connectivity index (χ2v) is 1.45. The Morgan fingerprint density at radius 2 is 2.36 bits per heavy atom. The lowest BCUT2D eigenvalue weighted by atomic mass is 10.6. The highest BCUT2D eigenvalue weighted by atomic mass is 19.3. The molecule has 0 spiro atoms. The quantitative estimate of drug-likeness (QED) is 0.208. The molecule has 62 valence electrons. The van der Waals surface area contributed by atoms with Gasteiger partial charge in [0.2, 0.25) is 0 Å². The van der Waals surface area contributed by atoms with Crippen molar-refractivity contribution in [2.24, 2.45) is 5.11 Å². The zero-order chi connectivity index (χ0) is 8.91. The molecular weight excluding hydrogens is 160 g/mol. The standard InChI is InChI=1S/C4H5F2N3O2/c1-2-11-3(10)4(5,6)8-9-7/h2H2,1H3. The van der Waals surface area contributed by atoms with Crippen molar-refractivity contribution < 1.29 is 18.3 Å². The van der Waals surface area contributed by atoms with Crippen LogP contribution >= 0.6 is 0 Å². The average molecular weight is 165 g/mol. The predicted octanol–water partition coefficient (Wildman–Crippen LogP) is 1.45. The van der Waals surface area contributed by atoms with E-state index in [2.05, 4.69) is 4.74 Å². The van der Waals surface area contributed by atoms with Gasteiger partial charge in [-0.2, -0.15) is 8.78 Å². The van der Waals surface area contributed by atoms with Crippen LogP contribution in [0.3, 0.4) is 0 Å². The number of hydrogen-bond acceptors (Lipinski definition) is 3. The lowest BCUT2D eigenvalue weighted by Gasteiger charge is -2.06. The van der Waals surface area contributed by atoms with Crippen LogP contribution in [0.1, 0.15) is 6.92 Å². The summed E-state index contributed by atoms with van der Waals surface area (Å²) in [6.45, 7) is 1.18. The molecule has 0 rings (SSSR count). The molecule has 0 saturated heterocycles. The molecule has 0 heterocycles. The highest BCUT2D eigenvalue weighted by Gasteiger charge is 2.39. The first-order valence-electron chi connectivity index (χ1n) is 2.66. The number of rotatable bonds is 3. The van der Waals surface area contributed by atoms with Crippen molar-refractivity contribution >= 4 is 5.97 Å². The highest BCUT2D eigenvalue weighted by Crippen LogP contribution is 2.16. The molecule has 0 aliphatic heterocycles. The van der Waals surface area contributed by atoms with Gasteiger partial charge in [-0.1, -0.05) is 0 Å². The Labute approximate surface area is 60.6 Å². The molecule has 0 atom stereocenters. The van der Waals surface area contributed by atoms with Gasteiger partial charge in [0.25, 0.3) is 0 Å². The number of esters is 1. The maximum Gasteiger partial charge on any atom is 0.420 e. The summed E-state index contributed by atoms with van der Waals surface area (Å²) < 4.78 is 28.1. The number of ether oxygens (including phenoxy) is 1. The van der Waals surface area contributed by atoms with E-state index in [1.54, 1.807) is 4.91 Å². The lowest BCUT2D eigenvalue weighted by molar-refractivity contribution is -0.170. The normalized spacial score (nSPS) is 10.1. The average Bonchev–Trinajstić information content (AvgIpc) is 1.88. The topological polar surface area (TPSA) is 75.1 Å². The third-order valence-corrected chi connectivity index (χ3v) is 0.691. The fourth-order valence-electron chi connectivity index (χ4n) is 0.315. The number of alkyl halides is 2. The Hall–Kier alpha value is -1.36. The zero-order valence-corrected chi connectivity index (χ0v) is 5.62. The monoisotopic (exact) mass is 165 g/mol. The van der Waals surface area contributed by atoms with Crippen LogP contribution in [-0.2, 0) is 9.53 Å². The van der Waals surface area contributed by atoms with E-state index >= 15 is 0 Å². The Kier molecular flexibility index (Phi) is 3.26. The van der Waals surface area contributed by atoms with Gasteiger partial charge in [0.05, 0.1) is 6.61 Å². The molecule has 0 saturated carbocycles. The Morgan fingerprint density at radius 3 is 2.73 bits per heavy atom. The molecule has 0 aromatic rings. The number of carbonyl (C=O) groups excluding carboxylic acids is 1. The number of carbonyl (C=O) groups is 1. The van der Waals surface area contributed by atoms with Gasteiger partial charge in [0, 0.05) is 4.91 Å². The SMILES string of the molecule is CCOC(=O)C(F)(F)N=[N+]=[N-]. The number of halogens is 2. The molecule has 0 amide bonds. The van der Waals surface area contributed by atoms with E-state index in [1.165, 1.54) is 6.92 Å². The van der Waals surface area contributed by atoms with Crippen molar-refractivity contribution in [3.8, 4) is 0 Å². The van der Waals surface area contributed by atoms with Crippen LogP contribution in [0.5, 0.6) is 0 Å². The molecule has 0 N–H and O–H groups in total. The van der Waals surface area contributed by atoms with E-state index in [-0.39, 0.29) is 6.61 Å². The minimum atomic E-state index is -4.09. The van der Waals surface area contributed by atoms with Crippen molar-refractivity contribution in [1.82, 2.24) is 0 Å². The van der Waals surface area contributed by atoms with Gasteiger partial charge in [-0.25, -0.2) is 4.79 Å². The Balaban J connectivity index is 4.29. The minimum Gasteiger partial charge on any atom is -0.461 e. The van der Waals surface area contributed by atoms with Crippen LogP contribution in [0.15, 0.2) is 5.11 Å². The highest BCUT2D eigenvalue weighted by molar-refractivity contribution is 5.77. The maximum absolute atomic E-state index is 12.1. The van der Waals surface area contributed by atoms with Crippen molar-refractivity contribution in [1.29, 1.82) is 0 Å². The van der Waals surface area contributed by atoms with E-state index in [4.69, 9.17) is 5.53 Å². The zero-order valence-electron chi connectivity index (χ0n) is 5.62. The fourth-order valence-corrected chi connectivity index (χ4v) is 0.315. The van der Waals surface area contributed by atoms with Gasteiger partial charge in [-0.05, 0) is 17.6 Å². The van der Waals surface area contributed by atoms with Gasteiger partial charge in [0.1, 0.15) is 0 Å². The second kappa shape index (κ2) is 3.72. The van der Waals surface area contributed by atoms with E-state index < -0.39 is 12.0 Å². The summed E-state index contributed by atoms with van der Waals surface area (Å²) in [4.78, 5) is 12.0. The third-order valence-electron chi connectivity index (χ3n) is 0.691. The van der Waals surface area contributed by atoms with E-state index in [1.807, 2.05) is 5.11 Å². The van der Waals surface area contributed by atoms with Crippen molar-refractivity contribution in [2.75, 3.05) is 6.61 Å². The van der Waals surface area contributed by atoms with Crippen molar-refractivity contribution in [2.45, 2.75) is 13.0 Å². The lowest BCUT2D eigenvalue weighted by Crippen LogP contribution is -2.27. The van der Waals surface area contributed by atoms with Gasteiger partial charge in [0.15, 0.2) is 0 Å². The Morgan fingerprint density at radius 1 is 1.82 bits per heavy atom. The smallest absolute Gasteiger partial charge is 0.420 e. The van der Waals surface area contributed by atoms with Crippen LogP contribution in [0.2, 0.25) is 0 Å². The van der Waals surface area contributed by atoms with Crippen molar-refractivity contribution in [3.63, 3.8) is 0 Å². The summed E-state index contributed by atoms with van der Waals surface area (Å²) in [5, 5.41) is 1.95. The second-order valence-electron chi connectivity index (χ2n) is 1.45. The van der Waals surface area contributed by atoms with E-state index in [0.29, 0.717) is 0 Å². The van der Waals surface area contributed by atoms with Gasteiger partial charge in [-0.15, -0.1) is 0 Å². The summed E-state index contributed by atoms with van der Waals surface area (Å²) in [6.07, 6.45) is 0. The molecule has 7 heteroatoms. The molecule has 0 bridgehead atoms. The van der Waals surface area contributed by atoms with Crippen LogP contribution in [-0.4, -0.2) is 18.6 Å². The molecule has 0 aliphatic rings. The minimum absolute atomic E-state index is 0.185. The van der Waals surface area contributed by atoms with Gasteiger partial charge in [-0.3, -0.25) is 0 Å². The molecule has 0 radical (unpaired) electrons. The first kappa shape index (κ1) is 9.64. The molecule has 0 aromatic carbocycles. The fraction of sp³-hybridized carbons (Fsp3) is 0.750. The number of hydrogen-bond donors (Lipinski definition) is 0. The summed E-state index contributed by atoms with van der Waals surface area (Å²) >= 11 is 0. The summed E-state index contributed by atoms with van der Waals surface area (Å²) in [5.74, 6) is -1.84. The third kappa shape index (κ3) is 2.81. The molecule has 0 unspecified atom stereocenters. The van der Waals surface area contributed by atoms with Crippen molar-refractivity contribution in [3.05, 3.63) is 10.4 Å². The summed E-state index contributed by atoms with van der Waals surface area (Å²) in [5.41, 5.74) is 7.59. The molecule has 0 fully saturated rings. The van der Waals surface area contributed by atoms with Gasteiger partial charge >= 0.3 is 12.0 Å². The first-order chi connectivity index (χ1) is 5.04. The van der Waals surface area contributed by atoms with Crippen LogP contribution < -0.4 is 0 Å². The molecular formula is C4H5F2N3O2. The molecule has 0 aromatic heterocycles.